The Hall–Kier alpha value is -1.24. The number of hydrogen-bond donors (Lipinski definition) is 0. The molecule has 5 atom stereocenters. The summed E-state index contributed by atoms with van der Waals surface area (Å²) in [6.45, 7) is 6.51. The van der Waals surface area contributed by atoms with Crippen molar-refractivity contribution in [2.75, 3.05) is 20.8 Å². The lowest BCUT2D eigenvalue weighted by molar-refractivity contribution is -0.309. The lowest BCUT2D eigenvalue weighted by Gasteiger charge is -2.44. The van der Waals surface area contributed by atoms with E-state index in [1.165, 1.54) is 0 Å². The number of ether oxygens (including phenoxy) is 5. The predicted octanol–water partition coefficient (Wildman–Crippen LogP) is 2.55. The van der Waals surface area contributed by atoms with E-state index in [1.807, 2.05) is 37.3 Å². The van der Waals surface area contributed by atoms with Crippen LogP contribution in [-0.4, -0.2) is 51.5 Å². The summed E-state index contributed by atoms with van der Waals surface area (Å²) in [6.07, 6.45) is 0.147. The fourth-order valence-electron chi connectivity index (χ4n) is 2.79. The first kappa shape index (κ1) is 18.1. The number of benzene rings is 1. The summed E-state index contributed by atoms with van der Waals surface area (Å²) in [5.41, 5.74) is 1.08. The Morgan fingerprint density at radius 1 is 1.04 bits per heavy atom. The third kappa shape index (κ3) is 4.62. The smallest absolute Gasteiger partial charge is 0.187 e. The Morgan fingerprint density at radius 3 is 2.35 bits per heavy atom. The van der Waals surface area contributed by atoms with Gasteiger partial charge in [0.1, 0.15) is 18.3 Å². The summed E-state index contributed by atoms with van der Waals surface area (Å²) < 4.78 is 28.9. The van der Waals surface area contributed by atoms with Crippen molar-refractivity contribution in [1.29, 1.82) is 0 Å². The van der Waals surface area contributed by atoms with E-state index in [4.69, 9.17) is 23.7 Å². The van der Waals surface area contributed by atoms with E-state index in [0.29, 0.717) is 13.2 Å². The highest BCUT2D eigenvalue weighted by atomic mass is 16.7. The Balaban J connectivity index is 2.03. The van der Waals surface area contributed by atoms with Crippen LogP contribution < -0.4 is 0 Å². The van der Waals surface area contributed by atoms with Gasteiger partial charge in [-0.25, -0.2) is 0 Å². The Bertz CT molecular complexity index is 464. The topological polar surface area (TPSA) is 46.2 Å². The van der Waals surface area contributed by atoms with Crippen LogP contribution in [0.5, 0.6) is 0 Å². The van der Waals surface area contributed by atoms with Crippen molar-refractivity contribution in [3.63, 3.8) is 0 Å². The molecule has 1 aliphatic rings. The third-order valence-corrected chi connectivity index (χ3v) is 3.94. The van der Waals surface area contributed by atoms with Gasteiger partial charge < -0.3 is 23.7 Å². The van der Waals surface area contributed by atoms with Crippen molar-refractivity contribution in [2.24, 2.45) is 0 Å². The molecule has 0 bridgehead atoms. The summed E-state index contributed by atoms with van der Waals surface area (Å²) in [4.78, 5) is 0. The van der Waals surface area contributed by atoms with Crippen molar-refractivity contribution in [3.05, 3.63) is 48.6 Å². The minimum absolute atomic E-state index is 0.174. The lowest BCUT2D eigenvalue weighted by atomic mass is 9.99. The molecule has 0 aromatic heterocycles. The largest absolute Gasteiger partial charge is 0.376 e. The first-order chi connectivity index (χ1) is 11.2. The van der Waals surface area contributed by atoms with Gasteiger partial charge >= 0.3 is 0 Å². The van der Waals surface area contributed by atoms with Crippen molar-refractivity contribution in [1.82, 2.24) is 0 Å². The molecule has 1 saturated heterocycles. The molecule has 23 heavy (non-hydrogen) atoms. The second kappa shape index (κ2) is 9.15. The standard InChI is InChI=1S/C18H26O5/c1-5-11-21-15-13(2)23-18(17(20-4)16(15)19-3)22-12-14-9-7-6-8-10-14/h5-10,13,15-18H,1,11-12H2,2-4H3. The average molecular weight is 322 g/mol. The fourth-order valence-corrected chi connectivity index (χ4v) is 2.79. The average Bonchev–Trinajstić information content (AvgIpc) is 2.59. The van der Waals surface area contributed by atoms with E-state index in [0.717, 1.165) is 5.56 Å². The molecule has 1 fully saturated rings. The zero-order valence-corrected chi connectivity index (χ0v) is 14.0. The zero-order chi connectivity index (χ0) is 16.7. The first-order valence-corrected chi connectivity index (χ1v) is 7.80. The van der Waals surface area contributed by atoms with Crippen LogP contribution in [0.1, 0.15) is 12.5 Å². The molecule has 1 aromatic carbocycles. The minimum atomic E-state index is -0.510. The highest BCUT2D eigenvalue weighted by Gasteiger charge is 2.46. The van der Waals surface area contributed by atoms with E-state index in [9.17, 15) is 0 Å². The molecule has 0 N–H and O–H groups in total. The molecule has 128 valence electrons. The molecule has 0 amide bonds. The van der Waals surface area contributed by atoms with E-state index < -0.39 is 6.29 Å². The fraction of sp³-hybridized carbons (Fsp3) is 0.556. The summed E-state index contributed by atoms with van der Waals surface area (Å²) >= 11 is 0. The van der Waals surface area contributed by atoms with Crippen LogP contribution in [-0.2, 0) is 30.3 Å². The predicted molar refractivity (Wildman–Crippen MR) is 87.1 cm³/mol. The van der Waals surface area contributed by atoms with Gasteiger partial charge in [0.15, 0.2) is 6.29 Å². The molecular weight excluding hydrogens is 296 g/mol. The zero-order valence-electron chi connectivity index (χ0n) is 14.0. The van der Waals surface area contributed by atoms with Crippen molar-refractivity contribution in [3.8, 4) is 0 Å². The molecular formula is C18H26O5. The second-order valence-electron chi connectivity index (χ2n) is 5.49. The number of methoxy groups -OCH3 is 2. The molecule has 0 aliphatic carbocycles. The monoisotopic (exact) mass is 322 g/mol. The van der Waals surface area contributed by atoms with Crippen LogP contribution >= 0.6 is 0 Å². The van der Waals surface area contributed by atoms with Crippen LogP contribution in [0.25, 0.3) is 0 Å². The van der Waals surface area contributed by atoms with Crippen molar-refractivity contribution in [2.45, 2.75) is 44.2 Å². The second-order valence-corrected chi connectivity index (χ2v) is 5.49. The maximum atomic E-state index is 5.97. The maximum absolute atomic E-state index is 5.97. The van der Waals surface area contributed by atoms with Gasteiger partial charge in [0, 0.05) is 14.2 Å². The van der Waals surface area contributed by atoms with Crippen molar-refractivity contribution >= 4 is 0 Å². The first-order valence-electron chi connectivity index (χ1n) is 7.80. The SMILES string of the molecule is C=CCOC1C(C)OC(OCc2ccccc2)C(OC)C1OC. The van der Waals surface area contributed by atoms with E-state index >= 15 is 0 Å². The highest BCUT2D eigenvalue weighted by molar-refractivity contribution is 5.13. The van der Waals surface area contributed by atoms with Gasteiger partial charge in [0.25, 0.3) is 0 Å². The summed E-state index contributed by atoms with van der Waals surface area (Å²) in [5.74, 6) is 0. The van der Waals surface area contributed by atoms with Gasteiger partial charge in [0.05, 0.1) is 19.3 Å². The molecule has 0 radical (unpaired) electrons. The molecule has 2 rings (SSSR count). The van der Waals surface area contributed by atoms with Crippen LogP contribution in [0.2, 0.25) is 0 Å². The number of hydrogen-bond acceptors (Lipinski definition) is 5. The molecule has 5 heteroatoms. The van der Waals surface area contributed by atoms with E-state index in [2.05, 4.69) is 6.58 Å². The minimum Gasteiger partial charge on any atom is -0.376 e. The molecule has 0 saturated carbocycles. The molecule has 5 nitrogen and oxygen atoms in total. The molecule has 0 spiro atoms. The van der Waals surface area contributed by atoms with Gasteiger partial charge in [-0.05, 0) is 12.5 Å². The molecule has 1 heterocycles. The van der Waals surface area contributed by atoms with Gasteiger partial charge in [-0.15, -0.1) is 6.58 Å². The highest BCUT2D eigenvalue weighted by Crippen LogP contribution is 2.28. The molecule has 5 unspecified atom stereocenters. The van der Waals surface area contributed by atoms with E-state index in [1.54, 1.807) is 20.3 Å². The number of rotatable bonds is 8. The van der Waals surface area contributed by atoms with Gasteiger partial charge in [-0.3, -0.25) is 0 Å². The molecule has 1 aliphatic heterocycles. The van der Waals surface area contributed by atoms with E-state index in [-0.39, 0.29) is 24.4 Å². The van der Waals surface area contributed by atoms with Crippen LogP contribution in [0.3, 0.4) is 0 Å². The van der Waals surface area contributed by atoms with Gasteiger partial charge in [-0.1, -0.05) is 36.4 Å². The van der Waals surface area contributed by atoms with Crippen LogP contribution in [0.15, 0.2) is 43.0 Å². The third-order valence-electron chi connectivity index (χ3n) is 3.94. The van der Waals surface area contributed by atoms with Crippen LogP contribution in [0.4, 0.5) is 0 Å². The normalized spacial score (nSPS) is 31.0. The molecule has 1 aromatic rings. The quantitative estimate of drug-likeness (QED) is 0.688. The lowest BCUT2D eigenvalue weighted by Crippen LogP contribution is -2.59. The summed E-state index contributed by atoms with van der Waals surface area (Å²) in [6, 6.07) is 9.96. The van der Waals surface area contributed by atoms with Crippen molar-refractivity contribution < 1.29 is 23.7 Å². The summed E-state index contributed by atoms with van der Waals surface area (Å²) in [7, 11) is 3.27. The van der Waals surface area contributed by atoms with Gasteiger partial charge in [0.2, 0.25) is 0 Å². The maximum Gasteiger partial charge on any atom is 0.187 e. The van der Waals surface area contributed by atoms with Gasteiger partial charge in [-0.2, -0.15) is 0 Å². The Kier molecular flexibility index (Phi) is 7.20. The Labute approximate surface area is 138 Å². The Morgan fingerprint density at radius 2 is 1.74 bits per heavy atom. The van der Waals surface area contributed by atoms with Crippen LogP contribution in [0, 0.1) is 0 Å². The summed E-state index contributed by atoms with van der Waals surface area (Å²) in [5, 5.41) is 0.